The molecule has 1 heterocycles. The standard InChI is InChI=1S/C15H12IN3O/c1-20-10-6-7-14(12(16)8-10)19-15-11-4-2-3-5-13(11)17-9-18-15/h2-9H,1H3,(H,17,18,19). The zero-order valence-electron chi connectivity index (χ0n) is 10.8. The minimum absolute atomic E-state index is 0.804. The van der Waals surface area contributed by atoms with Crippen molar-refractivity contribution >= 4 is 45.0 Å². The van der Waals surface area contributed by atoms with Gasteiger partial charge < -0.3 is 10.1 Å². The Labute approximate surface area is 130 Å². The molecule has 0 fully saturated rings. The van der Waals surface area contributed by atoms with E-state index in [0.29, 0.717) is 0 Å². The van der Waals surface area contributed by atoms with E-state index in [1.165, 1.54) is 0 Å². The van der Waals surface area contributed by atoms with Crippen LogP contribution in [0.25, 0.3) is 10.9 Å². The van der Waals surface area contributed by atoms with E-state index >= 15 is 0 Å². The molecule has 1 N–H and O–H groups in total. The van der Waals surface area contributed by atoms with Gasteiger partial charge in [-0.05, 0) is 52.9 Å². The van der Waals surface area contributed by atoms with Gasteiger partial charge in [0, 0.05) is 8.96 Å². The summed E-state index contributed by atoms with van der Waals surface area (Å²) in [5, 5.41) is 4.35. The molecule has 0 atom stereocenters. The van der Waals surface area contributed by atoms with E-state index in [4.69, 9.17) is 4.74 Å². The van der Waals surface area contributed by atoms with Crippen molar-refractivity contribution in [2.24, 2.45) is 0 Å². The highest BCUT2D eigenvalue weighted by atomic mass is 127. The number of para-hydroxylation sites is 1. The Morgan fingerprint density at radius 1 is 1.10 bits per heavy atom. The Morgan fingerprint density at radius 2 is 1.95 bits per heavy atom. The Morgan fingerprint density at radius 3 is 2.75 bits per heavy atom. The fraction of sp³-hybridized carbons (Fsp3) is 0.0667. The second-order valence-corrected chi connectivity index (χ2v) is 5.37. The molecule has 2 aromatic carbocycles. The predicted molar refractivity (Wildman–Crippen MR) is 88.5 cm³/mol. The van der Waals surface area contributed by atoms with E-state index in [-0.39, 0.29) is 0 Å². The lowest BCUT2D eigenvalue weighted by molar-refractivity contribution is 0.414. The van der Waals surface area contributed by atoms with Crippen LogP contribution in [0.4, 0.5) is 11.5 Å². The van der Waals surface area contributed by atoms with Crippen LogP contribution >= 0.6 is 22.6 Å². The Balaban J connectivity index is 2.01. The molecule has 0 bridgehead atoms. The lowest BCUT2D eigenvalue weighted by Crippen LogP contribution is -1.98. The fourth-order valence-electron chi connectivity index (χ4n) is 1.96. The van der Waals surface area contributed by atoms with Gasteiger partial charge in [-0.25, -0.2) is 9.97 Å². The van der Waals surface area contributed by atoms with E-state index in [1.807, 2.05) is 42.5 Å². The van der Waals surface area contributed by atoms with Crippen LogP contribution in [0.15, 0.2) is 48.8 Å². The maximum atomic E-state index is 5.21. The number of nitrogens with zero attached hydrogens (tertiary/aromatic N) is 2. The Bertz CT molecular complexity index is 756. The van der Waals surface area contributed by atoms with Crippen molar-refractivity contribution < 1.29 is 4.74 Å². The molecule has 100 valence electrons. The van der Waals surface area contributed by atoms with Crippen LogP contribution < -0.4 is 10.1 Å². The summed E-state index contributed by atoms with van der Waals surface area (Å²) in [5.74, 6) is 1.64. The number of hydrogen-bond acceptors (Lipinski definition) is 4. The summed E-state index contributed by atoms with van der Waals surface area (Å²) in [6.45, 7) is 0. The van der Waals surface area contributed by atoms with Crippen molar-refractivity contribution in [3.05, 3.63) is 52.4 Å². The first kappa shape index (κ1) is 13.1. The van der Waals surface area contributed by atoms with E-state index in [9.17, 15) is 0 Å². The van der Waals surface area contributed by atoms with Crippen LogP contribution in [0.3, 0.4) is 0 Å². The van der Waals surface area contributed by atoms with Crippen LogP contribution in [0.2, 0.25) is 0 Å². The molecule has 3 aromatic rings. The van der Waals surface area contributed by atoms with Crippen molar-refractivity contribution in [2.45, 2.75) is 0 Å². The maximum Gasteiger partial charge on any atom is 0.141 e. The van der Waals surface area contributed by atoms with Crippen LogP contribution in [0.1, 0.15) is 0 Å². The van der Waals surface area contributed by atoms with Gasteiger partial charge >= 0.3 is 0 Å². The van der Waals surface area contributed by atoms with Crippen LogP contribution in [-0.4, -0.2) is 17.1 Å². The van der Waals surface area contributed by atoms with Gasteiger partial charge in [0.15, 0.2) is 0 Å². The third-order valence-electron chi connectivity index (χ3n) is 2.97. The first-order valence-electron chi connectivity index (χ1n) is 6.08. The number of benzene rings is 2. The molecule has 0 aliphatic heterocycles. The average Bonchev–Trinajstić information content (AvgIpc) is 2.49. The number of aromatic nitrogens is 2. The summed E-state index contributed by atoms with van der Waals surface area (Å²) in [4.78, 5) is 8.59. The SMILES string of the molecule is COc1ccc(Nc2ncnc3ccccc23)c(I)c1. The number of halogens is 1. The van der Waals surface area contributed by atoms with Crippen LogP contribution in [0, 0.1) is 3.57 Å². The van der Waals surface area contributed by atoms with Gasteiger partial charge in [-0.1, -0.05) is 12.1 Å². The first-order chi connectivity index (χ1) is 9.78. The molecule has 0 aliphatic carbocycles. The molecule has 0 saturated heterocycles. The van der Waals surface area contributed by atoms with E-state index in [2.05, 4.69) is 37.9 Å². The molecule has 20 heavy (non-hydrogen) atoms. The molecule has 3 rings (SSSR count). The van der Waals surface area contributed by atoms with Gasteiger partial charge in [0.2, 0.25) is 0 Å². The molecule has 0 unspecified atom stereocenters. The molecule has 0 spiro atoms. The molecular weight excluding hydrogens is 365 g/mol. The molecule has 0 aliphatic rings. The third-order valence-corrected chi connectivity index (χ3v) is 3.86. The molecule has 0 amide bonds. The summed E-state index contributed by atoms with van der Waals surface area (Å²) in [6, 6.07) is 13.8. The Kier molecular flexibility index (Phi) is 3.68. The number of ether oxygens (including phenoxy) is 1. The zero-order valence-corrected chi connectivity index (χ0v) is 13.0. The fourth-order valence-corrected chi connectivity index (χ4v) is 2.58. The first-order valence-corrected chi connectivity index (χ1v) is 7.16. The molecule has 5 heteroatoms. The summed E-state index contributed by atoms with van der Waals surface area (Å²) in [7, 11) is 1.66. The lowest BCUT2D eigenvalue weighted by atomic mass is 10.2. The third kappa shape index (κ3) is 2.53. The lowest BCUT2D eigenvalue weighted by Gasteiger charge is -2.11. The molecule has 4 nitrogen and oxygen atoms in total. The monoisotopic (exact) mass is 377 g/mol. The smallest absolute Gasteiger partial charge is 0.141 e. The van der Waals surface area contributed by atoms with Gasteiger partial charge in [-0.3, -0.25) is 0 Å². The second-order valence-electron chi connectivity index (χ2n) is 4.21. The summed E-state index contributed by atoms with van der Waals surface area (Å²) in [5.41, 5.74) is 1.92. The van der Waals surface area contributed by atoms with Gasteiger partial charge in [-0.15, -0.1) is 0 Å². The van der Waals surface area contributed by atoms with Crippen LogP contribution in [-0.2, 0) is 0 Å². The predicted octanol–water partition coefficient (Wildman–Crippen LogP) is 3.99. The van der Waals surface area contributed by atoms with Gasteiger partial charge in [0.1, 0.15) is 17.9 Å². The number of fused-ring (bicyclic) bond motifs is 1. The van der Waals surface area contributed by atoms with E-state index in [1.54, 1.807) is 13.4 Å². The van der Waals surface area contributed by atoms with Crippen LogP contribution in [0.5, 0.6) is 5.75 Å². The quantitative estimate of drug-likeness (QED) is 0.702. The number of anilines is 2. The summed E-state index contributed by atoms with van der Waals surface area (Å²) >= 11 is 2.27. The van der Waals surface area contributed by atoms with E-state index < -0.39 is 0 Å². The minimum atomic E-state index is 0.804. The number of hydrogen-bond donors (Lipinski definition) is 1. The maximum absolute atomic E-state index is 5.21. The topological polar surface area (TPSA) is 47.0 Å². The molecular formula is C15H12IN3O. The number of nitrogens with one attached hydrogen (secondary N) is 1. The van der Waals surface area contributed by atoms with Crippen molar-refractivity contribution in [3.63, 3.8) is 0 Å². The summed E-state index contributed by atoms with van der Waals surface area (Å²) < 4.78 is 6.29. The van der Waals surface area contributed by atoms with Crippen molar-refractivity contribution in [1.82, 2.24) is 9.97 Å². The van der Waals surface area contributed by atoms with Gasteiger partial charge in [0.25, 0.3) is 0 Å². The highest BCUT2D eigenvalue weighted by Crippen LogP contribution is 2.28. The largest absolute Gasteiger partial charge is 0.497 e. The highest BCUT2D eigenvalue weighted by molar-refractivity contribution is 14.1. The van der Waals surface area contributed by atoms with Gasteiger partial charge in [-0.2, -0.15) is 0 Å². The second kappa shape index (κ2) is 5.62. The van der Waals surface area contributed by atoms with Crippen molar-refractivity contribution in [1.29, 1.82) is 0 Å². The Hall–Kier alpha value is -1.89. The molecule has 1 aromatic heterocycles. The molecule has 0 saturated carbocycles. The average molecular weight is 377 g/mol. The minimum Gasteiger partial charge on any atom is -0.497 e. The number of rotatable bonds is 3. The van der Waals surface area contributed by atoms with Crippen molar-refractivity contribution in [3.8, 4) is 5.75 Å². The summed E-state index contributed by atoms with van der Waals surface area (Å²) in [6.07, 6.45) is 1.57. The normalized spacial score (nSPS) is 10.5. The van der Waals surface area contributed by atoms with Crippen molar-refractivity contribution in [2.75, 3.05) is 12.4 Å². The van der Waals surface area contributed by atoms with E-state index in [0.717, 1.165) is 31.7 Å². The highest BCUT2D eigenvalue weighted by Gasteiger charge is 2.06. The van der Waals surface area contributed by atoms with Gasteiger partial charge in [0.05, 0.1) is 18.3 Å². The number of methoxy groups -OCH3 is 1. The molecule has 0 radical (unpaired) electrons. The zero-order chi connectivity index (χ0) is 13.9.